The number of hydrogen-bond donors (Lipinski definition) is 2. The van der Waals surface area contributed by atoms with E-state index in [0.717, 1.165) is 38.0 Å². The minimum atomic E-state index is -0.202. The van der Waals surface area contributed by atoms with Crippen LogP contribution in [0.1, 0.15) is 31.9 Å². The van der Waals surface area contributed by atoms with E-state index < -0.39 is 0 Å². The van der Waals surface area contributed by atoms with Gasteiger partial charge in [-0.1, -0.05) is 6.92 Å². The fourth-order valence-corrected chi connectivity index (χ4v) is 3.92. The number of carbonyl (C=O) groups excluding carboxylic acids is 1. The third-order valence-electron chi connectivity index (χ3n) is 5.51. The zero-order chi connectivity index (χ0) is 15.2. The molecule has 3 heterocycles. The highest BCUT2D eigenvalue weighted by Crippen LogP contribution is 2.68. The minimum Gasteiger partial charge on any atom is -0.350 e. The second-order valence-electron chi connectivity index (χ2n) is 6.78. The Hall–Kier alpha value is -1.95. The summed E-state index contributed by atoms with van der Waals surface area (Å²) in [7, 11) is 0. The number of amides is 1. The Labute approximate surface area is 129 Å². The number of hydrogen-bond acceptors (Lipinski definition) is 4. The van der Waals surface area contributed by atoms with Crippen molar-refractivity contribution in [2.45, 2.75) is 32.7 Å². The third-order valence-corrected chi connectivity index (χ3v) is 5.51. The smallest absolute Gasteiger partial charge is 0.233 e. The predicted molar refractivity (Wildman–Crippen MR) is 82.1 cm³/mol. The summed E-state index contributed by atoms with van der Waals surface area (Å²) in [6, 6.07) is 1.86. The van der Waals surface area contributed by atoms with Crippen LogP contribution in [0.5, 0.6) is 0 Å². The van der Waals surface area contributed by atoms with Crippen molar-refractivity contribution in [3.63, 3.8) is 0 Å². The van der Waals surface area contributed by atoms with Crippen LogP contribution < -0.4 is 10.6 Å². The van der Waals surface area contributed by atoms with Gasteiger partial charge in [-0.2, -0.15) is 0 Å². The Bertz CT molecular complexity index is 685. The molecule has 1 spiro atoms. The molecule has 0 bridgehead atoms. The number of rotatable bonds is 3. The maximum Gasteiger partial charge on any atom is 0.233 e. The molecule has 6 nitrogen and oxygen atoms in total. The topological polar surface area (TPSA) is 71.3 Å². The SMILES string of the molecule is CC1(C(=O)NCc2cn3cccnc3n2)CC12CCNCC2. The first-order valence-corrected chi connectivity index (χ1v) is 7.91. The van der Waals surface area contributed by atoms with Gasteiger partial charge >= 0.3 is 0 Å². The molecule has 0 aromatic carbocycles. The summed E-state index contributed by atoms with van der Waals surface area (Å²) in [5.74, 6) is 0.832. The number of aromatic nitrogens is 3. The van der Waals surface area contributed by atoms with Crippen LogP contribution in [-0.4, -0.2) is 33.4 Å². The minimum absolute atomic E-state index is 0.166. The molecular weight excluding hydrogens is 278 g/mol. The van der Waals surface area contributed by atoms with Crippen molar-refractivity contribution in [1.29, 1.82) is 0 Å². The lowest BCUT2D eigenvalue weighted by Crippen LogP contribution is -2.38. The number of nitrogens with one attached hydrogen (secondary N) is 2. The summed E-state index contributed by atoms with van der Waals surface area (Å²) in [5.41, 5.74) is 0.866. The normalized spacial score (nSPS) is 26.2. The van der Waals surface area contributed by atoms with Crippen LogP contribution in [0.2, 0.25) is 0 Å². The van der Waals surface area contributed by atoms with Crippen LogP contribution in [0, 0.1) is 10.8 Å². The van der Waals surface area contributed by atoms with E-state index in [2.05, 4.69) is 27.5 Å². The Kier molecular flexibility index (Phi) is 2.97. The van der Waals surface area contributed by atoms with Crippen molar-refractivity contribution in [2.24, 2.45) is 10.8 Å². The number of nitrogens with zero attached hydrogens (tertiary/aromatic N) is 3. The van der Waals surface area contributed by atoms with E-state index in [1.165, 1.54) is 0 Å². The Balaban J connectivity index is 1.42. The molecule has 1 saturated heterocycles. The highest BCUT2D eigenvalue weighted by Gasteiger charge is 2.67. The van der Waals surface area contributed by atoms with Crippen molar-refractivity contribution in [3.05, 3.63) is 30.4 Å². The first kappa shape index (κ1) is 13.7. The van der Waals surface area contributed by atoms with E-state index in [1.54, 1.807) is 6.20 Å². The highest BCUT2D eigenvalue weighted by atomic mass is 16.2. The summed E-state index contributed by atoms with van der Waals surface area (Å²) in [5, 5.41) is 6.45. The van der Waals surface area contributed by atoms with Crippen LogP contribution in [0.4, 0.5) is 0 Å². The predicted octanol–water partition coefficient (Wildman–Crippen LogP) is 1.13. The summed E-state index contributed by atoms with van der Waals surface area (Å²) in [6.07, 6.45) is 8.77. The molecule has 2 fully saturated rings. The summed E-state index contributed by atoms with van der Waals surface area (Å²) < 4.78 is 1.87. The van der Waals surface area contributed by atoms with Gasteiger partial charge in [-0.25, -0.2) is 9.97 Å². The van der Waals surface area contributed by atoms with Crippen molar-refractivity contribution in [2.75, 3.05) is 13.1 Å². The van der Waals surface area contributed by atoms with Gasteiger partial charge in [0.05, 0.1) is 17.7 Å². The molecule has 1 amide bonds. The Morgan fingerprint density at radius 2 is 2.27 bits per heavy atom. The van der Waals surface area contributed by atoms with E-state index in [9.17, 15) is 4.79 Å². The van der Waals surface area contributed by atoms with E-state index in [-0.39, 0.29) is 16.7 Å². The molecule has 6 heteroatoms. The van der Waals surface area contributed by atoms with Crippen LogP contribution in [0.25, 0.3) is 5.78 Å². The molecule has 1 unspecified atom stereocenters. The van der Waals surface area contributed by atoms with E-state index >= 15 is 0 Å². The standard InChI is InChI=1S/C16H21N5O/c1-15(11-16(15)3-6-17-7-4-16)13(22)19-9-12-10-21-8-2-5-18-14(21)20-12/h2,5,8,10,17H,3-4,6-7,9,11H2,1H3,(H,19,22). The van der Waals surface area contributed by atoms with E-state index in [4.69, 9.17) is 0 Å². The summed E-state index contributed by atoms with van der Waals surface area (Å²) in [4.78, 5) is 21.2. The third kappa shape index (κ3) is 2.01. The van der Waals surface area contributed by atoms with E-state index in [0.29, 0.717) is 12.3 Å². The van der Waals surface area contributed by atoms with Gasteiger partial charge in [-0.15, -0.1) is 0 Å². The molecule has 2 aromatic heterocycles. The monoisotopic (exact) mass is 299 g/mol. The maximum absolute atomic E-state index is 12.6. The molecule has 116 valence electrons. The van der Waals surface area contributed by atoms with Gasteiger partial charge in [0.15, 0.2) is 0 Å². The Morgan fingerprint density at radius 3 is 3.05 bits per heavy atom. The average Bonchev–Trinajstić information content (AvgIpc) is 2.94. The summed E-state index contributed by atoms with van der Waals surface area (Å²) in [6.45, 7) is 4.63. The zero-order valence-corrected chi connectivity index (χ0v) is 12.8. The Morgan fingerprint density at radius 1 is 1.45 bits per heavy atom. The van der Waals surface area contributed by atoms with Crippen molar-refractivity contribution in [1.82, 2.24) is 25.0 Å². The van der Waals surface area contributed by atoms with Gasteiger partial charge in [0.25, 0.3) is 0 Å². The molecule has 22 heavy (non-hydrogen) atoms. The molecule has 2 aromatic rings. The number of imidazole rings is 1. The lowest BCUT2D eigenvalue weighted by Gasteiger charge is -2.27. The first-order valence-electron chi connectivity index (χ1n) is 7.91. The second kappa shape index (κ2) is 4.78. The molecule has 1 aliphatic carbocycles. The van der Waals surface area contributed by atoms with Crippen LogP contribution >= 0.6 is 0 Å². The van der Waals surface area contributed by atoms with Gasteiger partial charge in [0.2, 0.25) is 11.7 Å². The van der Waals surface area contributed by atoms with Gasteiger partial charge in [-0.3, -0.25) is 9.20 Å². The molecule has 1 aliphatic heterocycles. The fraction of sp³-hybridized carbons (Fsp3) is 0.562. The molecule has 1 saturated carbocycles. The van der Waals surface area contributed by atoms with Gasteiger partial charge in [0, 0.05) is 18.6 Å². The molecule has 2 aliphatic rings. The zero-order valence-electron chi connectivity index (χ0n) is 12.8. The number of fused-ring (bicyclic) bond motifs is 1. The largest absolute Gasteiger partial charge is 0.350 e. The van der Waals surface area contributed by atoms with E-state index in [1.807, 2.05) is 22.9 Å². The second-order valence-corrected chi connectivity index (χ2v) is 6.78. The van der Waals surface area contributed by atoms with Crippen molar-refractivity contribution in [3.8, 4) is 0 Å². The molecule has 4 rings (SSSR count). The first-order chi connectivity index (χ1) is 10.6. The average molecular weight is 299 g/mol. The summed E-state index contributed by atoms with van der Waals surface area (Å²) >= 11 is 0. The van der Waals surface area contributed by atoms with Crippen LogP contribution in [0.3, 0.4) is 0 Å². The lowest BCUT2D eigenvalue weighted by atomic mass is 9.85. The highest BCUT2D eigenvalue weighted by molar-refractivity contribution is 5.86. The number of piperidine rings is 1. The quantitative estimate of drug-likeness (QED) is 0.891. The molecular formula is C16H21N5O. The molecule has 1 atom stereocenters. The fourth-order valence-electron chi connectivity index (χ4n) is 3.92. The molecule has 0 radical (unpaired) electrons. The van der Waals surface area contributed by atoms with Crippen LogP contribution in [-0.2, 0) is 11.3 Å². The van der Waals surface area contributed by atoms with Gasteiger partial charge in [0.1, 0.15) is 0 Å². The van der Waals surface area contributed by atoms with Crippen molar-refractivity contribution >= 4 is 11.7 Å². The number of carbonyl (C=O) groups is 1. The van der Waals surface area contributed by atoms with Gasteiger partial charge in [-0.05, 0) is 43.8 Å². The maximum atomic E-state index is 12.6. The lowest BCUT2D eigenvalue weighted by molar-refractivity contribution is -0.127. The van der Waals surface area contributed by atoms with Crippen LogP contribution in [0.15, 0.2) is 24.7 Å². The van der Waals surface area contributed by atoms with Gasteiger partial charge < -0.3 is 10.6 Å². The van der Waals surface area contributed by atoms with Crippen molar-refractivity contribution < 1.29 is 4.79 Å². The molecule has 2 N–H and O–H groups in total.